The molecule has 35 heavy (non-hydrogen) atoms. The zero-order valence-corrected chi connectivity index (χ0v) is 22.7. The number of carboxylic acids is 1. The van der Waals surface area contributed by atoms with Crippen LogP contribution < -0.4 is 0 Å². The molecule has 0 spiro atoms. The Morgan fingerprint density at radius 1 is 0.971 bits per heavy atom. The normalized spacial score (nSPS) is 55.1. The number of aliphatic carboxylic acids is 1. The molecule has 4 fully saturated rings. The first-order valence-electron chi connectivity index (χ1n) is 13.9. The maximum absolute atomic E-state index is 14.3. The van der Waals surface area contributed by atoms with Gasteiger partial charge in [0.15, 0.2) is 5.78 Å². The Morgan fingerprint density at radius 3 is 2.26 bits per heavy atom. The van der Waals surface area contributed by atoms with Crippen LogP contribution in [0.3, 0.4) is 0 Å². The fraction of sp³-hybridized carbons (Fsp3) is 0.867. The molecule has 0 radical (unpaired) electrons. The van der Waals surface area contributed by atoms with Crippen LogP contribution in [0.2, 0.25) is 0 Å². The number of aliphatic hydroxyl groups is 2. The van der Waals surface area contributed by atoms with Gasteiger partial charge in [-0.15, -0.1) is 0 Å². The molecular weight excluding hydrogens is 440 g/mol. The Bertz CT molecular complexity index is 983. The van der Waals surface area contributed by atoms with Crippen molar-refractivity contribution in [2.75, 3.05) is 0 Å². The lowest BCUT2D eigenvalue weighted by Crippen LogP contribution is -2.69. The first kappa shape index (κ1) is 25.4. The van der Waals surface area contributed by atoms with E-state index in [1.54, 1.807) is 0 Å². The van der Waals surface area contributed by atoms with Crippen molar-refractivity contribution >= 4 is 11.8 Å². The summed E-state index contributed by atoms with van der Waals surface area (Å²) in [6, 6.07) is 0. The molecule has 4 saturated carbocycles. The minimum Gasteiger partial charge on any atom is -0.481 e. The van der Waals surface area contributed by atoms with Crippen LogP contribution in [0.5, 0.6) is 0 Å². The molecule has 0 bridgehead atoms. The lowest BCUT2D eigenvalue weighted by Gasteiger charge is -2.70. The molecule has 0 amide bonds. The molecule has 5 aliphatic carbocycles. The van der Waals surface area contributed by atoms with E-state index in [0.29, 0.717) is 25.2 Å². The quantitative estimate of drug-likeness (QED) is 0.471. The van der Waals surface area contributed by atoms with E-state index in [9.17, 15) is 24.9 Å². The van der Waals surface area contributed by atoms with Gasteiger partial charge in [0.25, 0.3) is 0 Å². The smallest absolute Gasteiger partial charge is 0.310 e. The molecule has 3 unspecified atom stereocenters. The summed E-state index contributed by atoms with van der Waals surface area (Å²) in [5.41, 5.74) is -1.11. The van der Waals surface area contributed by atoms with Crippen molar-refractivity contribution in [2.24, 2.45) is 56.7 Å². The Balaban J connectivity index is 1.67. The summed E-state index contributed by atoms with van der Waals surface area (Å²) in [6.07, 6.45) is 5.57. The predicted octanol–water partition coefficient (Wildman–Crippen LogP) is 5.24. The lowest BCUT2D eigenvalue weighted by atomic mass is 9.33. The van der Waals surface area contributed by atoms with Crippen molar-refractivity contribution in [3.05, 3.63) is 11.6 Å². The maximum Gasteiger partial charge on any atom is 0.310 e. The monoisotopic (exact) mass is 486 g/mol. The molecule has 0 aromatic rings. The molecule has 5 nitrogen and oxygen atoms in total. The summed E-state index contributed by atoms with van der Waals surface area (Å²) < 4.78 is 0. The van der Waals surface area contributed by atoms with Gasteiger partial charge in [-0.25, -0.2) is 0 Å². The van der Waals surface area contributed by atoms with Gasteiger partial charge in [0.2, 0.25) is 0 Å². The van der Waals surface area contributed by atoms with Gasteiger partial charge >= 0.3 is 5.97 Å². The second kappa shape index (κ2) is 7.43. The minimum atomic E-state index is -0.843. The number of carboxylic acid groups (broad SMARTS) is 1. The van der Waals surface area contributed by atoms with Crippen LogP contribution in [-0.4, -0.2) is 39.3 Å². The number of hydrogen-bond donors (Lipinski definition) is 3. The van der Waals surface area contributed by atoms with Gasteiger partial charge in [-0.2, -0.15) is 0 Å². The number of carbonyl (C=O) groups excluding carboxylic acids is 1. The van der Waals surface area contributed by atoms with Crippen LogP contribution in [-0.2, 0) is 9.59 Å². The second-order valence-corrected chi connectivity index (χ2v) is 14.6. The van der Waals surface area contributed by atoms with Gasteiger partial charge in [-0.05, 0) is 96.4 Å². The molecule has 0 saturated heterocycles. The van der Waals surface area contributed by atoms with E-state index in [0.717, 1.165) is 31.3 Å². The number of carbonyl (C=O) groups is 2. The average molecular weight is 487 g/mol. The first-order valence-corrected chi connectivity index (χ1v) is 13.9. The van der Waals surface area contributed by atoms with E-state index in [2.05, 4.69) is 48.5 Å². The number of ketones is 1. The number of rotatable bonds is 1. The van der Waals surface area contributed by atoms with Crippen LogP contribution in [0, 0.1) is 56.7 Å². The van der Waals surface area contributed by atoms with Crippen molar-refractivity contribution in [1.29, 1.82) is 0 Å². The van der Waals surface area contributed by atoms with Crippen LogP contribution in [0.25, 0.3) is 0 Å². The third kappa shape index (κ3) is 2.89. The summed E-state index contributed by atoms with van der Waals surface area (Å²) in [6.45, 7) is 15.3. The van der Waals surface area contributed by atoms with Gasteiger partial charge < -0.3 is 15.3 Å². The van der Waals surface area contributed by atoms with E-state index in [1.807, 2.05) is 6.08 Å². The van der Waals surface area contributed by atoms with E-state index in [4.69, 9.17) is 0 Å². The van der Waals surface area contributed by atoms with E-state index in [1.165, 1.54) is 0 Å². The standard InChI is InChI=1S/C30H46O5/c1-16-8-11-30(25(34)35)13-12-28(6)18(22(30)17(16)2)14-19(31)23-27(5)15-20(32)24(33)26(3,4)21(27)9-10-29(23,28)7/h14,16-17,20-24,32-33H,8-13,15H2,1-7H3,(H,34,35)/t16-,17+,20-,21?,22?,23?,24+,27+,28-,29-,30+/m1/s1. The zero-order chi connectivity index (χ0) is 25.9. The Morgan fingerprint density at radius 2 is 1.63 bits per heavy atom. The van der Waals surface area contributed by atoms with Crippen LogP contribution in [0.1, 0.15) is 93.4 Å². The highest BCUT2D eigenvalue weighted by Gasteiger charge is 2.72. The molecule has 196 valence electrons. The third-order valence-electron chi connectivity index (χ3n) is 13.1. The highest BCUT2D eigenvalue weighted by molar-refractivity contribution is 5.96. The Kier molecular flexibility index (Phi) is 5.40. The molecule has 0 aromatic heterocycles. The summed E-state index contributed by atoms with van der Waals surface area (Å²) in [7, 11) is 0. The topological polar surface area (TPSA) is 94.8 Å². The van der Waals surface area contributed by atoms with Crippen LogP contribution >= 0.6 is 0 Å². The molecule has 0 heterocycles. The molecule has 5 aliphatic rings. The van der Waals surface area contributed by atoms with Gasteiger partial charge in [-0.3, -0.25) is 9.59 Å². The summed E-state index contributed by atoms with van der Waals surface area (Å²) >= 11 is 0. The van der Waals surface area contributed by atoms with E-state index in [-0.39, 0.29) is 40.3 Å². The number of hydrogen-bond acceptors (Lipinski definition) is 4. The summed E-state index contributed by atoms with van der Waals surface area (Å²) in [5, 5.41) is 32.3. The zero-order valence-electron chi connectivity index (χ0n) is 22.7. The SMILES string of the molecule is C[C@@H]1CC[C@]2(C(=O)O)CC[C@]3(C)C(=CC(=O)C4[C@@]5(C)C[C@@H](O)[C@H](O)C(C)(C)C5CC[C@]43C)C2[C@H]1C. The van der Waals surface area contributed by atoms with Gasteiger partial charge in [0.1, 0.15) is 0 Å². The van der Waals surface area contributed by atoms with Crippen molar-refractivity contribution < 1.29 is 24.9 Å². The van der Waals surface area contributed by atoms with Crippen LogP contribution in [0.15, 0.2) is 11.6 Å². The Hall–Kier alpha value is -1.20. The average Bonchev–Trinajstić information content (AvgIpc) is 2.75. The lowest BCUT2D eigenvalue weighted by molar-refractivity contribution is -0.228. The molecule has 5 heteroatoms. The molecular formula is C30H46O5. The fourth-order valence-corrected chi connectivity index (χ4v) is 10.8. The summed E-state index contributed by atoms with van der Waals surface area (Å²) in [4.78, 5) is 27.1. The second-order valence-electron chi connectivity index (χ2n) is 14.6. The van der Waals surface area contributed by atoms with Crippen LogP contribution in [0.4, 0.5) is 0 Å². The van der Waals surface area contributed by atoms with Gasteiger partial charge in [-0.1, -0.05) is 54.0 Å². The number of aliphatic hydroxyl groups excluding tert-OH is 2. The number of fused-ring (bicyclic) bond motifs is 7. The van der Waals surface area contributed by atoms with Gasteiger partial charge in [0, 0.05) is 5.92 Å². The maximum atomic E-state index is 14.3. The van der Waals surface area contributed by atoms with Gasteiger partial charge in [0.05, 0.1) is 17.6 Å². The predicted molar refractivity (Wildman–Crippen MR) is 134 cm³/mol. The molecule has 5 rings (SSSR count). The minimum absolute atomic E-state index is 0.107. The molecule has 11 atom stereocenters. The summed E-state index contributed by atoms with van der Waals surface area (Å²) in [5.74, 6) is -0.118. The highest BCUT2D eigenvalue weighted by Crippen LogP contribution is 2.75. The third-order valence-corrected chi connectivity index (χ3v) is 13.1. The van der Waals surface area contributed by atoms with E-state index >= 15 is 0 Å². The van der Waals surface area contributed by atoms with Crippen molar-refractivity contribution in [2.45, 2.75) is 106 Å². The first-order chi connectivity index (χ1) is 16.1. The fourth-order valence-electron chi connectivity index (χ4n) is 10.8. The van der Waals surface area contributed by atoms with E-state index < -0.39 is 34.4 Å². The Labute approximate surface area is 210 Å². The number of allylic oxidation sites excluding steroid dienone is 2. The molecule has 0 aliphatic heterocycles. The highest BCUT2D eigenvalue weighted by atomic mass is 16.4. The van der Waals surface area contributed by atoms with Crippen molar-refractivity contribution in [1.82, 2.24) is 0 Å². The largest absolute Gasteiger partial charge is 0.481 e. The van der Waals surface area contributed by atoms with Crippen molar-refractivity contribution in [3.63, 3.8) is 0 Å². The molecule has 0 aromatic carbocycles. The van der Waals surface area contributed by atoms with Crippen molar-refractivity contribution in [3.8, 4) is 0 Å². The molecule has 3 N–H and O–H groups in total.